The number of alkyl halides is 4. The number of halogens is 4. The average molecular weight is 242 g/mol. The molecule has 0 aliphatic rings. The Labute approximate surface area is 88.4 Å². The zero-order chi connectivity index (χ0) is 12.3. The van der Waals surface area contributed by atoms with Crippen LogP contribution in [0.2, 0.25) is 0 Å². The standard InChI is InChI=1S/C8H10F4N2O2/c1-14-8(16-3-5(9)10)4(2-15)6(13-14)7(11)12/h5,7,15H,2-3H2,1H3. The third kappa shape index (κ3) is 2.63. The highest BCUT2D eigenvalue weighted by Crippen LogP contribution is 2.29. The molecule has 92 valence electrons. The fourth-order valence-electron chi connectivity index (χ4n) is 1.22. The van der Waals surface area contributed by atoms with Gasteiger partial charge < -0.3 is 9.84 Å². The van der Waals surface area contributed by atoms with Crippen LogP contribution >= 0.6 is 0 Å². The maximum atomic E-state index is 12.4. The Hall–Kier alpha value is -1.31. The summed E-state index contributed by atoms with van der Waals surface area (Å²) in [7, 11) is 1.27. The smallest absolute Gasteiger partial charge is 0.282 e. The quantitative estimate of drug-likeness (QED) is 0.796. The van der Waals surface area contributed by atoms with Crippen LogP contribution in [0.15, 0.2) is 0 Å². The van der Waals surface area contributed by atoms with E-state index in [1.807, 2.05) is 0 Å². The van der Waals surface area contributed by atoms with Crippen molar-refractivity contribution in [3.05, 3.63) is 11.3 Å². The zero-order valence-electron chi connectivity index (χ0n) is 8.33. The monoisotopic (exact) mass is 242 g/mol. The molecule has 0 unspecified atom stereocenters. The van der Waals surface area contributed by atoms with Crippen LogP contribution in [0.4, 0.5) is 17.6 Å². The van der Waals surface area contributed by atoms with Crippen molar-refractivity contribution >= 4 is 0 Å². The molecule has 0 bridgehead atoms. The summed E-state index contributed by atoms with van der Waals surface area (Å²) in [5.41, 5.74) is -0.924. The average Bonchev–Trinajstić information content (AvgIpc) is 2.51. The number of aliphatic hydroxyl groups excluding tert-OH is 1. The molecule has 0 spiro atoms. The number of nitrogens with zero attached hydrogens (tertiary/aromatic N) is 2. The minimum Gasteiger partial charge on any atom is -0.471 e. The Morgan fingerprint density at radius 1 is 1.38 bits per heavy atom. The van der Waals surface area contributed by atoms with Crippen LogP contribution < -0.4 is 4.74 Å². The molecule has 1 heterocycles. The molecular weight excluding hydrogens is 232 g/mol. The van der Waals surface area contributed by atoms with Gasteiger partial charge in [0.25, 0.3) is 12.9 Å². The molecule has 0 saturated carbocycles. The molecule has 1 N–H and O–H groups in total. The van der Waals surface area contributed by atoms with Gasteiger partial charge in [0.2, 0.25) is 5.88 Å². The second-order valence-electron chi connectivity index (χ2n) is 2.95. The van der Waals surface area contributed by atoms with Crippen molar-refractivity contribution in [2.24, 2.45) is 7.05 Å². The summed E-state index contributed by atoms with van der Waals surface area (Å²) in [6.45, 7) is -1.68. The van der Waals surface area contributed by atoms with E-state index < -0.39 is 31.8 Å². The van der Waals surface area contributed by atoms with Crippen molar-refractivity contribution in [3.63, 3.8) is 0 Å². The minimum absolute atomic E-state index is 0.266. The Morgan fingerprint density at radius 3 is 2.44 bits per heavy atom. The Bertz CT molecular complexity index is 354. The third-order valence-corrected chi connectivity index (χ3v) is 1.83. The predicted octanol–water partition coefficient (Wildman–Crippen LogP) is 1.49. The molecular formula is C8H10F4N2O2. The molecule has 1 rings (SSSR count). The van der Waals surface area contributed by atoms with E-state index in [2.05, 4.69) is 9.84 Å². The highest BCUT2D eigenvalue weighted by Gasteiger charge is 2.24. The fourth-order valence-corrected chi connectivity index (χ4v) is 1.22. The van der Waals surface area contributed by atoms with E-state index in [4.69, 9.17) is 5.11 Å². The third-order valence-electron chi connectivity index (χ3n) is 1.83. The lowest BCUT2D eigenvalue weighted by Gasteiger charge is -2.07. The van der Waals surface area contributed by atoms with Crippen molar-refractivity contribution in [3.8, 4) is 5.88 Å². The summed E-state index contributed by atoms with van der Waals surface area (Å²) in [5.74, 6) is -0.266. The van der Waals surface area contributed by atoms with Gasteiger partial charge in [-0.3, -0.25) is 0 Å². The number of aliphatic hydroxyl groups is 1. The van der Waals surface area contributed by atoms with Crippen LogP contribution in [0, 0.1) is 0 Å². The number of rotatable bonds is 5. The Kier molecular flexibility index (Phi) is 4.11. The SMILES string of the molecule is Cn1nc(C(F)F)c(CO)c1OCC(F)F. The summed E-state index contributed by atoms with van der Waals surface area (Å²) in [6.07, 6.45) is -5.62. The minimum atomic E-state index is -2.89. The van der Waals surface area contributed by atoms with Gasteiger partial charge >= 0.3 is 0 Å². The molecule has 0 fully saturated rings. The molecule has 1 aromatic rings. The van der Waals surface area contributed by atoms with Crippen molar-refractivity contribution in [2.75, 3.05) is 6.61 Å². The van der Waals surface area contributed by atoms with Crippen LogP contribution in [-0.4, -0.2) is 27.9 Å². The van der Waals surface area contributed by atoms with Gasteiger partial charge in [0.15, 0.2) is 6.61 Å². The first kappa shape index (κ1) is 12.8. The van der Waals surface area contributed by atoms with Crippen molar-refractivity contribution in [2.45, 2.75) is 19.5 Å². The maximum Gasteiger partial charge on any atom is 0.282 e. The lowest BCUT2D eigenvalue weighted by Crippen LogP contribution is -2.10. The Morgan fingerprint density at radius 2 is 2.00 bits per heavy atom. The van der Waals surface area contributed by atoms with Crippen LogP contribution in [0.1, 0.15) is 17.7 Å². The molecule has 0 saturated heterocycles. The summed E-state index contributed by atoms with van der Waals surface area (Å²) >= 11 is 0. The lowest BCUT2D eigenvalue weighted by molar-refractivity contribution is 0.0760. The van der Waals surface area contributed by atoms with E-state index in [-0.39, 0.29) is 11.4 Å². The van der Waals surface area contributed by atoms with Gasteiger partial charge in [-0.05, 0) is 0 Å². The summed E-state index contributed by atoms with van der Waals surface area (Å²) in [4.78, 5) is 0. The summed E-state index contributed by atoms with van der Waals surface area (Å²) in [6, 6.07) is 0. The number of hydrogen-bond acceptors (Lipinski definition) is 3. The first-order chi connectivity index (χ1) is 7.47. The fraction of sp³-hybridized carbons (Fsp3) is 0.625. The van der Waals surface area contributed by atoms with Crippen molar-refractivity contribution in [1.29, 1.82) is 0 Å². The van der Waals surface area contributed by atoms with E-state index in [0.29, 0.717) is 0 Å². The van der Waals surface area contributed by atoms with Crippen molar-refractivity contribution < 1.29 is 27.4 Å². The molecule has 0 aromatic carbocycles. The molecule has 0 atom stereocenters. The van der Waals surface area contributed by atoms with E-state index in [9.17, 15) is 17.6 Å². The van der Waals surface area contributed by atoms with E-state index in [1.165, 1.54) is 7.05 Å². The molecule has 16 heavy (non-hydrogen) atoms. The van der Waals surface area contributed by atoms with Gasteiger partial charge in [-0.2, -0.15) is 5.10 Å². The van der Waals surface area contributed by atoms with Gasteiger partial charge in [0.1, 0.15) is 5.69 Å². The van der Waals surface area contributed by atoms with Gasteiger partial charge in [-0.1, -0.05) is 0 Å². The molecule has 0 amide bonds. The largest absolute Gasteiger partial charge is 0.471 e. The van der Waals surface area contributed by atoms with Crippen LogP contribution in [0.25, 0.3) is 0 Å². The number of hydrogen-bond donors (Lipinski definition) is 1. The van der Waals surface area contributed by atoms with E-state index in [0.717, 1.165) is 4.68 Å². The molecule has 0 aliphatic carbocycles. The lowest BCUT2D eigenvalue weighted by atomic mass is 10.2. The molecule has 4 nitrogen and oxygen atoms in total. The molecule has 0 radical (unpaired) electrons. The van der Waals surface area contributed by atoms with Gasteiger partial charge in [-0.15, -0.1) is 0 Å². The molecule has 8 heteroatoms. The first-order valence-corrected chi connectivity index (χ1v) is 4.33. The zero-order valence-corrected chi connectivity index (χ0v) is 8.33. The predicted molar refractivity (Wildman–Crippen MR) is 45.6 cm³/mol. The number of ether oxygens (including phenoxy) is 1. The second-order valence-corrected chi connectivity index (χ2v) is 2.95. The van der Waals surface area contributed by atoms with Crippen LogP contribution in [0.3, 0.4) is 0 Å². The van der Waals surface area contributed by atoms with Gasteiger partial charge in [-0.25, -0.2) is 22.2 Å². The normalized spacial score (nSPS) is 11.5. The summed E-state index contributed by atoms with van der Waals surface area (Å²) < 4.78 is 54.1. The molecule has 1 aromatic heterocycles. The van der Waals surface area contributed by atoms with E-state index in [1.54, 1.807) is 0 Å². The highest BCUT2D eigenvalue weighted by atomic mass is 19.3. The van der Waals surface area contributed by atoms with Crippen LogP contribution in [0.5, 0.6) is 5.88 Å². The number of aryl methyl sites for hydroxylation is 1. The van der Waals surface area contributed by atoms with Gasteiger partial charge in [0.05, 0.1) is 12.2 Å². The Balaban J connectivity index is 2.98. The topological polar surface area (TPSA) is 47.3 Å². The molecule has 0 aliphatic heterocycles. The van der Waals surface area contributed by atoms with E-state index >= 15 is 0 Å². The second kappa shape index (κ2) is 5.15. The maximum absolute atomic E-state index is 12.4. The first-order valence-electron chi connectivity index (χ1n) is 4.33. The summed E-state index contributed by atoms with van der Waals surface area (Å²) in [5, 5.41) is 12.3. The van der Waals surface area contributed by atoms with Crippen molar-refractivity contribution in [1.82, 2.24) is 9.78 Å². The van der Waals surface area contributed by atoms with Crippen LogP contribution in [-0.2, 0) is 13.7 Å². The number of aromatic nitrogens is 2. The van der Waals surface area contributed by atoms with Gasteiger partial charge in [0, 0.05) is 7.05 Å². The highest BCUT2D eigenvalue weighted by molar-refractivity contribution is 5.31.